The van der Waals surface area contributed by atoms with Gasteiger partial charge in [-0.2, -0.15) is 11.3 Å². The van der Waals surface area contributed by atoms with Gasteiger partial charge < -0.3 is 0 Å². The molecule has 2 rings (SSSR count). The third-order valence-corrected chi connectivity index (χ3v) is 3.82. The quantitative estimate of drug-likeness (QED) is 0.475. The van der Waals surface area contributed by atoms with Crippen LogP contribution >= 0.6 is 38.9 Å². The molecule has 2 aromatic rings. The Bertz CT molecular complexity index is 558. The molecule has 0 amide bonds. The molecule has 0 fully saturated rings. The molecule has 0 saturated heterocycles. The van der Waals surface area contributed by atoms with Crippen LogP contribution in [0.1, 0.15) is 0 Å². The van der Waals surface area contributed by atoms with Gasteiger partial charge in [0, 0.05) is 26.9 Å². The number of halogens is 2. The van der Waals surface area contributed by atoms with Crippen molar-refractivity contribution in [1.82, 2.24) is 4.98 Å². The third-order valence-electron chi connectivity index (χ3n) is 1.91. The van der Waals surface area contributed by atoms with Crippen molar-refractivity contribution in [2.45, 2.75) is 0 Å². The molecule has 0 aliphatic heterocycles. The minimum absolute atomic E-state index is 0.0523. The summed E-state index contributed by atoms with van der Waals surface area (Å²) in [5.41, 5.74) is 0.910. The van der Waals surface area contributed by atoms with Crippen molar-refractivity contribution in [1.29, 1.82) is 0 Å². The molecule has 4 nitrogen and oxygen atoms in total. The predicted molar refractivity (Wildman–Crippen MR) is 66.9 cm³/mol. The van der Waals surface area contributed by atoms with Crippen LogP contribution in [-0.4, -0.2) is 9.91 Å². The summed E-state index contributed by atoms with van der Waals surface area (Å²) < 4.78 is 0.773. The molecule has 0 saturated carbocycles. The maximum Gasteiger partial charge on any atom is 0.295 e. The standard InChI is InChI=1S/C9H4BrClN2O2S/c10-6-4-16-3-5(6)9-7(13(14)15)1-2-8(11)12-9/h1-4H. The molecule has 82 valence electrons. The first-order valence-corrected chi connectivity index (χ1v) is 6.24. The Hall–Kier alpha value is -0.980. The first kappa shape index (κ1) is 11.5. The third kappa shape index (κ3) is 2.09. The van der Waals surface area contributed by atoms with Gasteiger partial charge in [-0.25, -0.2) is 4.98 Å². The summed E-state index contributed by atoms with van der Waals surface area (Å²) in [6, 6.07) is 2.76. The number of nitrogens with zero attached hydrogens (tertiary/aromatic N) is 2. The van der Waals surface area contributed by atoms with Crippen molar-refractivity contribution in [3.63, 3.8) is 0 Å². The van der Waals surface area contributed by atoms with E-state index < -0.39 is 4.92 Å². The van der Waals surface area contributed by atoms with Crippen molar-refractivity contribution < 1.29 is 4.92 Å². The van der Waals surface area contributed by atoms with E-state index in [9.17, 15) is 10.1 Å². The lowest BCUT2D eigenvalue weighted by Gasteiger charge is -2.01. The van der Waals surface area contributed by atoms with E-state index >= 15 is 0 Å². The molecule has 0 aliphatic rings. The summed E-state index contributed by atoms with van der Waals surface area (Å²) >= 11 is 10.5. The highest BCUT2D eigenvalue weighted by molar-refractivity contribution is 9.10. The van der Waals surface area contributed by atoms with E-state index in [0.29, 0.717) is 5.56 Å². The van der Waals surface area contributed by atoms with Crippen LogP contribution in [0.4, 0.5) is 5.69 Å². The summed E-state index contributed by atoms with van der Waals surface area (Å²) in [5, 5.41) is 14.7. The largest absolute Gasteiger partial charge is 0.295 e. The van der Waals surface area contributed by atoms with Gasteiger partial charge in [0.1, 0.15) is 5.15 Å². The van der Waals surface area contributed by atoms with Crippen molar-refractivity contribution >= 4 is 44.6 Å². The topological polar surface area (TPSA) is 56.0 Å². The zero-order valence-electron chi connectivity index (χ0n) is 7.68. The Morgan fingerprint density at radius 1 is 1.44 bits per heavy atom. The van der Waals surface area contributed by atoms with Crippen LogP contribution in [-0.2, 0) is 0 Å². The predicted octanol–water partition coefficient (Wildman–Crippen LogP) is 4.13. The molecule has 0 spiro atoms. The molecule has 7 heteroatoms. The Morgan fingerprint density at radius 3 is 2.75 bits per heavy atom. The van der Waals surface area contributed by atoms with Crippen LogP contribution in [0.2, 0.25) is 5.15 Å². The first-order chi connectivity index (χ1) is 7.59. The number of hydrogen-bond acceptors (Lipinski definition) is 4. The fourth-order valence-electron chi connectivity index (χ4n) is 1.22. The molecule has 2 aromatic heterocycles. The van der Waals surface area contributed by atoms with E-state index in [1.54, 1.807) is 5.38 Å². The van der Waals surface area contributed by atoms with Gasteiger partial charge in [0.25, 0.3) is 5.69 Å². The van der Waals surface area contributed by atoms with E-state index in [0.717, 1.165) is 4.47 Å². The normalized spacial score (nSPS) is 10.4. The summed E-state index contributed by atoms with van der Waals surface area (Å²) in [6.45, 7) is 0. The zero-order chi connectivity index (χ0) is 11.7. The minimum atomic E-state index is -0.469. The molecular formula is C9H4BrClN2O2S. The van der Waals surface area contributed by atoms with Crippen LogP contribution in [0.5, 0.6) is 0 Å². The Labute approximate surface area is 108 Å². The van der Waals surface area contributed by atoms with Gasteiger partial charge in [-0.1, -0.05) is 11.6 Å². The molecule has 0 radical (unpaired) electrons. The highest BCUT2D eigenvalue weighted by atomic mass is 79.9. The number of hydrogen-bond donors (Lipinski definition) is 0. The lowest BCUT2D eigenvalue weighted by Crippen LogP contribution is -1.94. The van der Waals surface area contributed by atoms with Crippen molar-refractivity contribution in [3.8, 4) is 11.3 Å². The van der Waals surface area contributed by atoms with E-state index in [4.69, 9.17) is 11.6 Å². The molecule has 0 unspecified atom stereocenters. The average molecular weight is 320 g/mol. The van der Waals surface area contributed by atoms with Gasteiger partial charge in [0.15, 0.2) is 5.69 Å². The lowest BCUT2D eigenvalue weighted by molar-refractivity contribution is -0.384. The fourth-order valence-corrected chi connectivity index (χ4v) is 2.84. The SMILES string of the molecule is O=[N+]([O-])c1ccc(Cl)nc1-c1cscc1Br. The van der Waals surface area contributed by atoms with Gasteiger partial charge in [-0.05, 0) is 22.0 Å². The second kappa shape index (κ2) is 4.48. The second-order valence-electron chi connectivity index (χ2n) is 2.89. The van der Waals surface area contributed by atoms with Gasteiger partial charge in [-0.3, -0.25) is 10.1 Å². The van der Waals surface area contributed by atoms with Gasteiger partial charge >= 0.3 is 0 Å². The molecule has 0 aromatic carbocycles. The van der Waals surface area contributed by atoms with Gasteiger partial charge in [0.05, 0.1) is 4.92 Å². The summed E-state index contributed by atoms with van der Waals surface area (Å²) in [4.78, 5) is 14.4. The molecule has 0 N–H and O–H groups in total. The number of nitro groups is 1. The van der Waals surface area contributed by atoms with Crippen LogP contribution in [0.3, 0.4) is 0 Å². The van der Waals surface area contributed by atoms with E-state index in [1.807, 2.05) is 5.38 Å². The van der Waals surface area contributed by atoms with Gasteiger partial charge in [0.2, 0.25) is 0 Å². The highest BCUT2D eigenvalue weighted by Crippen LogP contribution is 2.36. The smallest absolute Gasteiger partial charge is 0.258 e. The van der Waals surface area contributed by atoms with Crippen LogP contribution in [0, 0.1) is 10.1 Å². The van der Waals surface area contributed by atoms with Gasteiger partial charge in [-0.15, -0.1) is 0 Å². The Balaban J connectivity index is 2.67. The molecule has 2 heterocycles. The first-order valence-electron chi connectivity index (χ1n) is 4.12. The molecule has 0 aliphatic carbocycles. The number of thiophene rings is 1. The fraction of sp³-hybridized carbons (Fsp3) is 0. The highest BCUT2D eigenvalue weighted by Gasteiger charge is 2.19. The summed E-state index contributed by atoms with van der Waals surface area (Å²) in [6.07, 6.45) is 0. The molecule has 0 bridgehead atoms. The monoisotopic (exact) mass is 318 g/mol. The average Bonchev–Trinajstić information content (AvgIpc) is 2.63. The van der Waals surface area contributed by atoms with Crippen molar-refractivity contribution in [2.75, 3.05) is 0 Å². The number of pyridine rings is 1. The van der Waals surface area contributed by atoms with E-state index in [-0.39, 0.29) is 16.5 Å². The maximum atomic E-state index is 10.9. The Morgan fingerprint density at radius 2 is 2.19 bits per heavy atom. The van der Waals surface area contributed by atoms with Crippen LogP contribution < -0.4 is 0 Å². The molecule has 0 atom stereocenters. The van der Waals surface area contributed by atoms with Crippen molar-refractivity contribution in [3.05, 3.63) is 42.6 Å². The summed E-state index contributed by atoms with van der Waals surface area (Å²) in [7, 11) is 0. The van der Waals surface area contributed by atoms with Crippen LogP contribution in [0.25, 0.3) is 11.3 Å². The van der Waals surface area contributed by atoms with Crippen molar-refractivity contribution in [2.24, 2.45) is 0 Å². The zero-order valence-corrected chi connectivity index (χ0v) is 10.8. The second-order valence-corrected chi connectivity index (χ2v) is 4.88. The maximum absolute atomic E-state index is 10.9. The van der Waals surface area contributed by atoms with E-state index in [2.05, 4.69) is 20.9 Å². The molecular weight excluding hydrogens is 316 g/mol. The van der Waals surface area contributed by atoms with Crippen LogP contribution in [0.15, 0.2) is 27.4 Å². The summed E-state index contributed by atoms with van der Waals surface area (Å²) in [5.74, 6) is 0. The number of aromatic nitrogens is 1. The molecule has 16 heavy (non-hydrogen) atoms. The Kier molecular flexibility index (Phi) is 3.22. The van der Waals surface area contributed by atoms with E-state index in [1.165, 1.54) is 23.5 Å². The number of rotatable bonds is 2. The minimum Gasteiger partial charge on any atom is -0.258 e. The lowest BCUT2D eigenvalue weighted by atomic mass is 10.2.